The number of rotatable bonds is 4. The molecular weight excluding hydrogens is 228 g/mol. The maximum atomic E-state index is 11.6. The standard InChI is InChI=1S/C14H22N2O2/c1-3-12(17)10(2)14-15-13(16-18-14)11-8-6-4-5-7-9-11/h10-11H,3-9H2,1-2H3. The van der Waals surface area contributed by atoms with Crippen LogP contribution >= 0.6 is 0 Å². The Morgan fingerprint density at radius 3 is 2.61 bits per heavy atom. The molecule has 1 atom stereocenters. The number of nitrogens with zero attached hydrogens (tertiary/aromatic N) is 2. The zero-order valence-electron chi connectivity index (χ0n) is 11.3. The molecule has 1 aliphatic carbocycles. The number of Topliss-reactive ketones (excluding diaryl/α,β-unsaturated/α-hetero) is 1. The molecule has 2 rings (SSSR count). The van der Waals surface area contributed by atoms with Gasteiger partial charge in [0.2, 0.25) is 5.89 Å². The monoisotopic (exact) mass is 250 g/mol. The van der Waals surface area contributed by atoms with Crippen LogP contribution in [0.2, 0.25) is 0 Å². The number of carbonyl (C=O) groups excluding carboxylic acids is 1. The molecule has 18 heavy (non-hydrogen) atoms. The van der Waals surface area contributed by atoms with Gasteiger partial charge in [-0.3, -0.25) is 4.79 Å². The van der Waals surface area contributed by atoms with Gasteiger partial charge in [0.15, 0.2) is 5.82 Å². The van der Waals surface area contributed by atoms with Crippen molar-refractivity contribution in [1.29, 1.82) is 0 Å². The fourth-order valence-electron chi connectivity index (χ4n) is 2.57. The molecule has 0 amide bonds. The van der Waals surface area contributed by atoms with Gasteiger partial charge in [-0.15, -0.1) is 0 Å². The number of hydrogen-bond donors (Lipinski definition) is 0. The summed E-state index contributed by atoms with van der Waals surface area (Å²) < 4.78 is 5.26. The van der Waals surface area contributed by atoms with E-state index in [4.69, 9.17) is 4.52 Å². The smallest absolute Gasteiger partial charge is 0.236 e. The van der Waals surface area contributed by atoms with Crippen molar-refractivity contribution in [2.24, 2.45) is 0 Å². The third-order valence-electron chi connectivity index (χ3n) is 3.88. The third-order valence-corrected chi connectivity index (χ3v) is 3.88. The summed E-state index contributed by atoms with van der Waals surface area (Å²) in [6, 6.07) is 0. The molecule has 4 nitrogen and oxygen atoms in total. The molecule has 4 heteroatoms. The second kappa shape index (κ2) is 6.12. The zero-order valence-corrected chi connectivity index (χ0v) is 11.3. The molecule has 1 aromatic rings. The van der Waals surface area contributed by atoms with E-state index >= 15 is 0 Å². The largest absolute Gasteiger partial charge is 0.339 e. The molecule has 0 aromatic carbocycles. The van der Waals surface area contributed by atoms with Crippen molar-refractivity contribution < 1.29 is 9.32 Å². The first-order valence-corrected chi connectivity index (χ1v) is 7.08. The van der Waals surface area contributed by atoms with Gasteiger partial charge in [-0.25, -0.2) is 0 Å². The topological polar surface area (TPSA) is 56.0 Å². The van der Waals surface area contributed by atoms with E-state index < -0.39 is 0 Å². The first-order chi connectivity index (χ1) is 8.72. The molecular formula is C14H22N2O2. The van der Waals surface area contributed by atoms with E-state index in [9.17, 15) is 4.79 Å². The summed E-state index contributed by atoms with van der Waals surface area (Å²) in [5, 5.41) is 4.08. The number of hydrogen-bond acceptors (Lipinski definition) is 4. The molecule has 1 unspecified atom stereocenters. The average molecular weight is 250 g/mol. The highest BCUT2D eigenvalue weighted by atomic mass is 16.5. The van der Waals surface area contributed by atoms with E-state index in [1.807, 2.05) is 13.8 Å². The van der Waals surface area contributed by atoms with Crippen LogP contribution in [0.4, 0.5) is 0 Å². The fourth-order valence-corrected chi connectivity index (χ4v) is 2.57. The molecule has 1 heterocycles. The first kappa shape index (κ1) is 13.2. The van der Waals surface area contributed by atoms with E-state index in [0.29, 0.717) is 18.2 Å². The second-order valence-electron chi connectivity index (χ2n) is 5.22. The summed E-state index contributed by atoms with van der Waals surface area (Å²) in [6.45, 7) is 3.71. The van der Waals surface area contributed by atoms with E-state index in [0.717, 1.165) is 18.7 Å². The molecule has 0 spiro atoms. The predicted octanol–water partition coefficient (Wildman–Crippen LogP) is 3.59. The summed E-state index contributed by atoms with van der Waals surface area (Å²) in [5.41, 5.74) is 0. The van der Waals surface area contributed by atoms with Crippen LogP contribution in [0, 0.1) is 0 Å². The summed E-state index contributed by atoms with van der Waals surface area (Å²) in [6.07, 6.45) is 7.93. The minimum Gasteiger partial charge on any atom is -0.339 e. The molecule has 0 saturated heterocycles. The second-order valence-corrected chi connectivity index (χ2v) is 5.22. The molecule has 0 bridgehead atoms. The lowest BCUT2D eigenvalue weighted by atomic mass is 9.99. The quantitative estimate of drug-likeness (QED) is 0.766. The molecule has 1 aliphatic rings. The van der Waals surface area contributed by atoms with Gasteiger partial charge in [-0.2, -0.15) is 4.98 Å². The average Bonchev–Trinajstić information content (AvgIpc) is 2.72. The van der Waals surface area contributed by atoms with Gasteiger partial charge in [-0.1, -0.05) is 37.8 Å². The van der Waals surface area contributed by atoms with Crippen LogP contribution in [0.15, 0.2) is 4.52 Å². The van der Waals surface area contributed by atoms with Crippen LogP contribution in [0.3, 0.4) is 0 Å². The first-order valence-electron chi connectivity index (χ1n) is 7.08. The molecule has 1 aromatic heterocycles. The van der Waals surface area contributed by atoms with Crippen molar-refractivity contribution in [3.05, 3.63) is 11.7 Å². The van der Waals surface area contributed by atoms with Crippen molar-refractivity contribution >= 4 is 5.78 Å². The van der Waals surface area contributed by atoms with Crippen molar-refractivity contribution in [2.45, 2.75) is 70.6 Å². The Labute approximate surface area is 108 Å². The maximum absolute atomic E-state index is 11.6. The van der Waals surface area contributed by atoms with E-state index in [1.165, 1.54) is 25.7 Å². The van der Waals surface area contributed by atoms with Gasteiger partial charge >= 0.3 is 0 Å². The summed E-state index contributed by atoms with van der Waals surface area (Å²) in [4.78, 5) is 16.1. The highest BCUT2D eigenvalue weighted by Crippen LogP contribution is 2.30. The summed E-state index contributed by atoms with van der Waals surface area (Å²) in [7, 11) is 0. The molecule has 1 fully saturated rings. The Morgan fingerprint density at radius 2 is 2.00 bits per heavy atom. The maximum Gasteiger partial charge on any atom is 0.236 e. The van der Waals surface area contributed by atoms with Gasteiger partial charge in [0.25, 0.3) is 0 Å². The van der Waals surface area contributed by atoms with E-state index in [2.05, 4.69) is 10.1 Å². The zero-order chi connectivity index (χ0) is 13.0. The van der Waals surface area contributed by atoms with Gasteiger partial charge < -0.3 is 4.52 Å². The van der Waals surface area contributed by atoms with Gasteiger partial charge in [0.05, 0.1) is 5.92 Å². The Morgan fingerprint density at radius 1 is 1.33 bits per heavy atom. The van der Waals surface area contributed by atoms with Gasteiger partial charge in [0, 0.05) is 12.3 Å². The van der Waals surface area contributed by atoms with E-state index in [1.54, 1.807) is 0 Å². The molecule has 1 saturated carbocycles. The Balaban J connectivity index is 2.06. The Bertz CT molecular complexity index is 392. The summed E-state index contributed by atoms with van der Waals surface area (Å²) in [5.74, 6) is 1.62. The molecule has 0 aliphatic heterocycles. The van der Waals surface area contributed by atoms with Crippen LogP contribution in [0.5, 0.6) is 0 Å². The minimum absolute atomic E-state index is 0.158. The van der Waals surface area contributed by atoms with Crippen LogP contribution in [0.1, 0.15) is 82.3 Å². The van der Waals surface area contributed by atoms with Crippen LogP contribution in [-0.2, 0) is 4.79 Å². The lowest BCUT2D eigenvalue weighted by Crippen LogP contribution is -2.08. The molecule has 100 valence electrons. The number of carbonyl (C=O) groups is 1. The number of ketones is 1. The SMILES string of the molecule is CCC(=O)C(C)c1nc(C2CCCCCC2)no1. The molecule has 0 radical (unpaired) electrons. The summed E-state index contributed by atoms with van der Waals surface area (Å²) >= 11 is 0. The van der Waals surface area contributed by atoms with Crippen molar-refractivity contribution in [3.63, 3.8) is 0 Å². The van der Waals surface area contributed by atoms with E-state index in [-0.39, 0.29) is 11.7 Å². The lowest BCUT2D eigenvalue weighted by Gasteiger charge is -2.07. The van der Waals surface area contributed by atoms with Crippen LogP contribution in [0.25, 0.3) is 0 Å². The van der Waals surface area contributed by atoms with Crippen molar-refractivity contribution in [3.8, 4) is 0 Å². The Kier molecular flexibility index (Phi) is 4.50. The van der Waals surface area contributed by atoms with Crippen LogP contribution in [-0.4, -0.2) is 15.9 Å². The van der Waals surface area contributed by atoms with Gasteiger partial charge in [0.1, 0.15) is 5.78 Å². The van der Waals surface area contributed by atoms with Crippen LogP contribution < -0.4 is 0 Å². The minimum atomic E-state index is -0.262. The normalized spacial score (nSPS) is 19.4. The van der Waals surface area contributed by atoms with Crippen molar-refractivity contribution in [1.82, 2.24) is 10.1 Å². The fraction of sp³-hybridized carbons (Fsp3) is 0.786. The molecule has 0 N–H and O–H groups in total. The third kappa shape index (κ3) is 2.98. The lowest BCUT2D eigenvalue weighted by molar-refractivity contribution is -0.120. The van der Waals surface area contributed by atoms with Crippen molar-refractivity contribution in [2.75, 3.05) is 0 Å². The van der Waals surface area contributed by atoms with Gasteiger partial charge in [-0.05, 0) is 19.8 Å². The highest BCUT2D eigenvalue weighted by Gasteiger charge is 2.24. The highest BCUT2D eigenvalue weighted by molar-refractivity contribution is 5.83. The number of aromatic nitrogens is 2. The Hall–Kier alpha value is -1.19. The predicted molar refractivity (Wildman–Crippen MR) is 68.5 cm³/mol.